The summed E-state index contributed by atoms with van der Waals surface area (Å²) in [7, 11) is -3.11. The topological polar surface area (TPSA) is 60.2 Å². The van der Waals surface area contributed by atoms with Crippen LogP contribution in [-0.2, 0) is 9.84 Å². The van der Waals surface area contributed by atoms with Gasteiger partial charge in [0.15, 0.2) is 9.84 Å². The van der Waals surface area contributed by atoms with Gasteiger partial charge >= 0.3 is 0 Å². The molecule has 0 aliphatic heterocycles. The van der Waals surface area contributed by atoms with E-state index in [-0.39, 0.29) is 18.4 Å². The van der Waals surface area contributed by atoms with Crippen molar-refractivity contribution in [2.45, 2.75) is 43.0 Å². The van der Waals surface area contributed by atoms with E-state index in [1.807, 2.05) is 12.1 Å². The smallest absolute Gasteiger partial charge is 0.175 e. The van der Waals surface area contributed by atoms with Crippen LogP contribution in [0.4, 0.5) is 0 Å². The van der Waals surface area contributed by atoms with Crippen molar-refractivity contribution in [3.8, 4) is 0 Å². The third-order valence-electron chi connectivity index (χ3n) is 3.85. The van der Waals surface area contributed by atoms with Gasteiger partial charge in [-0.1, -0.05) is 31.4 Å². The van der Waals surface area contributed by atoms with Crippen LogP contribution in [0, 0.1) is 5.92 Å². The minimum atomic E-state index is -3.11. The molecule has 1 aromatic rings. The minimum absolute atomic E-state index is 0. The molecule has 3 nitrogen and oxygen atoms in total. The average Bonchev–Trinajstić information content (AvgIpc) is 2.38. The molecule has 1 aromatic carbocycles. The second kappa shape index (κ2) is 6.73. The normalized spacial score (nSPS) is 18.6. The Morgan fingerprint density at radius 2 is 1.63 bits per heavy atom. The molecule has 0 aromatic heterocycles. The molecule has 0 saturated heterocycles. The summed E-state index contributed by atoms with van der Waals surface area (Å²) in [4.78, 5) is 0.363. The minimum Gasteiger partial charge on any atom is -0.324 e. The number of nitrogens with two attached hydrogens (primary N) is 1. The van der Waals surface area contributed by atoms with Crippen LogP contribution in [0.1, 0.15) is 43.7 Å². The molecule has 1 atom stereocenters. The molecule has 108 valence electrons. The lowest BCUT2D eigenvalue weighted by Crippen LogP contribution is -2.23. The molecule has 2 N–H and O–H groups in total. The fourth-order valence-corrected chi connectivity index (χ4v) is 3.33. The number of hydrogen-bond donors (Lipinski definition) is 1. The quantitative estimate of drug-likeness (QED) is 0.933. The summed E-state index contributed by atoms with van der Waals surface area (Å²) < 4.78 is 22.8. The summed E-state index contributed by atoms with van der Waals surface area (Å²) in [5.41, 5.74) is 7.33. The molecule has 19 heavy (non-hydrogen) atoms. The van der Waals surface area contributed by atoms with Crippen molar-refractivity contribution in [3.05, 3.63) is 29.8 Å². The lowest BCUT2D eigenvalue weighted by atomic mass is 9.81. The number of hydrogen-bond acceptors (Lipinski definition) is 3. The first-order chi connectivity index (χ1) is 8.48. The highest BCUT2D eigenvalue weighted by atomic mass is 35.5. The summed E-state index contributed by atoms with van der Waals surface area (Å²) in [6, 6.07) is 7.07. The molecule has 5 heteroatoms. The molecule has 0 radical (unpaired) electrons. The predicted molar refractivity (Wildman–Crippen MR) is 80.3 cm³/mol. The van der Waals surface area contributed by atoms with Crippen molar-refractivity contribution in [2.24, 2.45) is 11.7 Å². The second-order valence-corrected chi connectivity index (χ2v) is 7.28. The van der Waals surface area contributed by atoms with Crippen molar-refractivity contribution >= 4 is 22.2 Å². The van der Waals surface area contributed by atoms with Crippen molar-refractivity contribution in [1.29, 1.82) is 0 Å². The van der Waals surface area contributed by atoms with Crippen LogP contribution < -0.4 is 5.73 Å². The highest BCUT2D eigenvalue weighted by molar-refractivity contribution is 7.90. The standard InChI is InChI=1S/C14H21NO2S.ClH/c1-18(16,17)13-9-7-12(8-10-13)14(15)11-5-3-2-4-6-11;/h7-11,14H,2-6,15H2,1H3;1H/t14-;/m0./s1. The molecule has 0 heterocycles. The van der Waals surface area contributed by atoms with Gasteiger partial charge in [0.2, 0.25) is 0 Å². The maximum Gasteiger partial charge on any atom is 0.175 e. The van der Waals surface area contributed by atoms with E-state index in [4.69, 9.17) is 5.73 Å². The molecular weight excluding hydrogens is 282 g/mol. The van der Waals surface area contributed by atoms with E-state index in [0.717, 1.165) is 5.56 Å². The van der Waals surface area contributed by atoms with E-state index < -0.39 is 9.84 Å². The molecule has 1 saturated carbocycles. The lowest BCUT2D eigenvalue weighted by Gasteiger charge is -2.27. The van der Waals surface area contributed by atoms with Crippen LogP contribution >= 0.6 is 12.4 Å². The SMILES string of the molecule is CS(=O)(=O)c1ccc([C@@H](N)C2CCCCC2)cc1.Cl. The molecule has 1 aliphatic rings. The van der Waals surface area contributed by atoms with Crippen LogP contribution in [-0.4, -0.2) is 14.7 Å². The number of benzene rings is 1. The van der Waals surface area contributed by atoms with Crippen LogP contribution in [0.25, 0.3) is 0 Å². The second-order valence-electron chi connectivity index (χ2n) is 5.27. The maximum atomic E-state index is 11.4. The Balaban J connectivity index is 0.00000180. The Kier molecular flexibility index (Phi) is 5.83. The van der Waals surface area contributed by atoms with Gasteiger partial charge in [0, 0.05) is 12.3 Å². The number of rotatable bonds is 3. The van der Waals surface area contributed by atoms with E-state index in [2.05, 4.69) is 0 Å². The van der Waals surface area contributed by atoms with Gasteiger partial charge in [0.05, 0.1) is 4.90 Å². The fraction of sp³-hybridized carbons (Fsp3) is 0.571. The van der Waals surface area contributed by atoms with Gasteiger partial charge in [0.1, 0.15) is 0 Å². The van der Waals surface area contributed by atoms with Crippen LogP contribution in [0.3, 0.4) is 0 Å². The van der Waals surface area contributed by atoms with Crippen molar-refractivity contribution in [2.75, 3.05) is 6.26 Å². The Morgan fingerprint density at radius 3 is 2.11 bits per heavy atom. The average molecular weight is 304 g/mol. The Labute approximate surface area is 121 Å². The van der Waals surface area contributed by atoms with Gasteiger partial charge in [-0.25, -0.2) is 8.42 Å². The van der Waals surface area contributed by atoms with E-state index in [1.165, 1.54) is 38.4 Å². The molecular formula is C14H22ClNO2S. The largest absolute Gasteiger partial charge is 0.324 e. The fourth-order valence-electron chi connectivity index (χ4n) is 2.70. The molecule has 0 amide bonds. The third kappa shape index (κ3) is 4.20. The van der Waals surface area contributed by atoms with Gasteiger partial charge in [0.25, 0.3) is 0 Å². The summed E-state index contributed by atoms with van der Waals surface area (Å²) in [5, 5.41) is 0. The van der Waals surface area contributed by atoms with Gasteiger partial charge < -0.3 is 5.73 Å². The highest BCUT2D eigenvalue weighted by Crippen LogP contribution is 2.33. The zero-order chi connectivity index (χ0) is 13.2. The molecule has 0 unspecified atom stereocenters. The number of sulfone groups is 1. The summed E-state index contributed by atoms with van der Waals surface area (Å²) in [6.45, 7) is 0. The van der Waals surface area contributed by atoms with E-state index in [1.54, 1.807) is 12.1 Å². The highest BCUT2D eigenvalue weighted by Gasteiger charge is 2.22. The third-order valence-corrected chi connectivity index (χ3v) is 4.98. The Bertz CT molecular complexity index is 493. The zero-order valence-corrected chi connectivity index (χ0v) is 12.8. The van der Waals surface area contributed by atoms with Gasteiger partial charge in [-0.05, 0) is 36.5 Å². The van der Waals surface area contributed by atoms with Gasteiger partial charge in [-0.2, -0.15) is 0 Å². The van der Waals surface area contributed by atoms with Crippen LogP contribution in [0.2, 0.25) is 0 Å². The first kappa shape index (κ1) is 16.5. The molecule has 0 spiro atoms. The number of halogens is 1. The predicted octanol–water partition coefficient (Wildman–Crippen LogP) is 3.09. The maximum absolute atomic E-state index is 11.4. The monoisotopic (exact) mass is 303 g/mol. The molecule has 1 fully saturated rings. The van der Waals surface area contributed by atoms with E-state index in [0.29, 0.717) is 10.8 Å². The lowest BCUT2D eigenvalue weighted by molar-refractivity contribution is 0.308. The van der Waals surface area contributed by atoms with Crippen molar-refractivity contribution in [3.63, 3.8) is 0 Å². The summed E-state index contributed by atoms with van der Waals surface area (Å²) in [5.74, 6) is 0.544. The first-order valence-electron chi connectivity index (χ1n) is 6.54. The Morgan fingerprint density at radius 1 is 1.11 bits per heavy atom. The van der Waals surface area contributed by atoms with Crippen LogP contribution in [0.5, 0.6) is 0 Å². The van der Waals surface area contributed by atoms with Crippen LogP contribution in [0.15, 0.2) is 29.2 Å². The molecule has 1 aliphatic carbocycles. The molecule has 2 rings (SSSR count). The van der Waals surface area contributed by atoms with E-state index >= 15 is 0 Å². The zero-order valence-electron chi connectivity index (χ0n) is 11.2. The Hall–Kier alpha value is -0.580. The summed E-state index contributed by atoms with van der Waals surface area (Å²) >= 11 is 0. The van der Waals surface area contributed by atoms with Crippen molar-refractivity contribution < 1.29 is 8.42 Å². The summed E-state index contributed by atoms with van der Waals surface area (Å²) in [6.07, 6.45) is 7.45. The molecule has 0 bridgehead atoms. The first-order valence-corrected chi connectivity index (χ1v) is 8.43. The van der Waals surface area contributed by atoms with Crippen molar-refractivity contribution in [1.82, 2.24) is 0 Å². The van der Waals surface area contributed by atoms with Gasteiger partial charge in [-0.3, -0.25) is 0 Å². The van der Waals surface area contributed by atoms with E-state index in [9.17, 15) is 8.42 Å². The van der Waals surface area contributed by atoms with Gasteiger partial charge in [-0.15, -0.1) is 12.4 Å².